The molecule has 28 heavy (non-hydrogen) atoms. The third-order valence-corrected chi connectivity index (χ3v) is 5.24. The first-order valence-electron chi connectivity index (χ1n) is 8.58. The Hall–Kier alpha value is -2.25. The van der Waals surface area contributed by atoms with Crippen LogP contribution >= 0.6 is 28.1 Å². The molecule has 7 heteroatoms. The lowest BCUT2D eigenvalue weighted by Crippen LogP contribution is -2.18. The molecule has 0 spiro atoms. The SMILES string of the molecule is COc1ccc(CNC(=S)C=CCc2ccc(OC)c(OC)c2Br)cc1OC. The van der Waals surface area contributed by atoms with Crippen molar-refractivity contribution in [1.29, 1.82) is 0 Å². The van der Waals surface area contributed by atoms with Crippen molar-refractivity contribution < 1.29 is 18.9 Å². The Morgan fingerprint density at radius 2 is 1.64 bits per heavy atom. The number of nitrogens with one attached hydrogen (secondary N) is 1. The van der Waals surface area contributed by atoms with Gasteiger partial charge in [-0.05, 0) is 57.8 Å². The molecule has 0 fully saturated rings. The number of methoxy groups -OCH3 is 4. The summed E-state index contributed by atoms with van der Waals surface area (Å²) in [7, 11) is 6.48. The first kappa shape index (κ1) is 22.0. The highest BCUT2D eigenvalue weighted by Crippen LogP contribution is 2.37. The molecule has 0 radical (unpaired) electrons. The maximum atomic E-state index is 5.40. The van der Waals surface area contributed by atoms with Gasteiger partial charge < -0.3 is 24.3 Å². The molecular weight excluding hydrogens is 442 g/mol. The third-order valence-electron chi connectivity index (χ3n) is 4.09. The Morgan fingerprint density at radius 1 is 0.964 bits per heavy atom. The minimum absolute atomic E-state index is 0.601. The average molecular weight is 466 g/mol. The lowest BCUT2D eigenvalue weighted by Gasteiger charge is -2.12. The van der Waals surface area contributed by atoms with Crippen molar-refractivity contribution in [1.82, 2.24) is 5.32 Å². The normalized spacial score (nSPS) is 10.6. The van der Waals surface area contributed by atoms with Crippen LogP contribution in [-0.2, 0) is 13.0 Å². The van der Waals surface area contributed by atoms with Gasteiger partial charge in [-0.3, -0.25) is 0 Å². The molecule has 0 aliphatic rings. The van der Waals surface area contributed by atoms with Gasteiger partial charge in [-0.15, -0.1) is 0 Å². The molecule has 0 saturated heterocycles. The van der Waals surface area contributed by atoms with Crippen LogP contribution in [0, 0.1) is 0 Å². The fourth-order valence-corrected chi connectivity index (χ4v) is 3.44. The van der Waals surface area contributed by atoms with Crippen LogP contribution < -0.4 is 24.3 Å². The lowest BCUT2D eigenvalue weighted by atomic mass is 10.1. The minimum Gasteiger partial charge on any atom is -0.493 e. The molecule has 5 nitrogen and oxygen atoms in total. The number of rotatable bonds is 9. The number of allylic oxidation sites excluding steroid dienone is 1. The Balaban J connectivity index is 1.94. The number of halogens is 1. The summed E-state index contributed by atoms with van der Waals surface area (Å²) in [5, 5.41) is 3.22. The highest BCUT2D eigenvalue weighted by molar-refractivity contribution is 9.10. The maximum absolute atomic E-state index is 5.40. The summed E-state index contributed by atoms with van der Waals surface area (Å²) in [5.41, 5.74) is 2.13. The van der Waals surface area contributed by atoms with Crippen LogP contribution in [-0.4, -0.2) is 33.4 Å². The van der Waals surface area contributed by atoms with Crippen molar-refractivity contribution in [3.63, 3.8) is 0 Å². The molecule has 0 unspecified atom stereocenters. The number of ether oxygens (including phenoxy) is 4. The summed E-state index contributed by atoms with van der Waals surface area (Å²) in [6.07, 6.45) is 4.61. The van der Waals surface area contributed by atoms with Crippen molar-refractivity contribution in [2.75, 3.05) is 28.4 Å². The molecule has 0 heterocycles. The van der Waals surface area contributed by atoms with Gasteiger partial charge in [-0.2, -0.15) is 0 Å². The van der Waals surface area contributed by atoms with Crippen LogP contribution in [0.4, 0.5) is 0 Å². The fourth-order valence-electron chi connectivity index (χ4n) is 2.62. The largest absolute Gasteiger partial charge is 0.493 e. The maximum Gasteiger partial charge on any atom is 0.175 e. The van der Waals surface area contributed by atoms with Crippen molar-refractivity contribution >= 4 is 33.1 Å². The number of thiocarbonyl (C=S) groups is 1. The summed E-state index contributed by atoms with van der Waals surface area (Å²) >= 11 is 8.97. The molecule has 2 aromatic carbocycles. The average Bonchev–Trinajstić information content (AvgIpc) is 2.72. The monoisotopic (exact) mass is 465 g/mol. The molecule has 0 atom stereocenters. The topological polar surface area (TPSA) is 49.0 Å². The third kappa shape index (κ3) is 5.62. The molecule has 150 valence electrons. The van der Waals surface area contributed by atoms with Crippen LogP contribution in [0.25, 0.3) is 0 Å². The molecule has 0 amide bonds. The van der Waals surface area contributed by atoms with Crippen LogP contribution in [0.2, 0.25) is 0 Å². The van der Waals surface area contributed by atoms with E-state index in [-0.39, 0.29) is 0 Å². The van der Waals surface area contributed by atoms with Gasteiger partial charge >= 0.3 is 0 Å². The Kier molecular flexibility index (Phi) is 8.60. The molecular formula is C21H24BrNO4S. The summed E-state index contributed by atoms with van der Waals surface area (Å²) in [5.74, 6) is 2.77. The molecule has 2 aromatic rings. The Bertz CT molecular complexity index is 855. The summed E-state index contributed by atoms with van der Waals surface area (Å²) in [4.78, 5) is 0.659. The number of benzene rings is 2. The number of hydrogen-bond acceptors (Lipinski definition) is 5. The standard InChI is InChI=1S/C21H24BrNO4S/c1-24-16-10-8-14(12-18(16)26-3)13-23-19(28)7-5-6-15-9-11-17(25-2)21(27-4)20(15)22/h5,7-12H,6,13H2,1-4H3,(H,23,28). The first-order valence-corrected chi connectivity index (χ1v) is 9.78. The van der Waals surface area contributed by atoms with Crippen molar-refractivity contribution in [3.05, 3.63) is 58.1 Å². The second-order valence-corrected chi connectivity index (χ2v) is 7.02. The highest BCUT2D eigenvalue weighted by atomic mass is 79.9. The van der Waals surface area contributed by atoms with Crippen molar-refractivity contribution in [2.45, 2.75) is 13.0 Å². The van der Waals surface area contributed by atoms with Gasteiger partial charge in [0, 0.05) is 6.54 Å². The summed E-state index contributed by atoms with van der Waals surface area (Å²) in [6, 6.07) is 9.67. The summed E-state index contributed by atoms with van der Waals surface area (Å²) < 4.78 is 22.2. The predicted octanol–water partition coefficient (Wildman–Crippen LogP) is 4.70. The van der Waals surface area contributed by atoms with Gasteiger partial charge in [-0.1, -0.05) is 30.4 Å². The molecule has 2 rings (SSSR count). The van der Waals surface area contributed by atoms with Crippen LogP contribution in [0.1, 0.15) is 11.1 Å². The molecule has 0 bridgehead atoms. The predicted molar refractivity (Wildman–Crippen MR) is 119 cm³/mol. The van der Waals surface area contributed by atoms with E-state index in [1.165, 1.54) is 0 Å². The van der Waals surface area contributed by atoms with E-state index in [0.29, 0.717) is 41.0 Å². The van der Waals surface area contributed by atoms with Gasteiger partial charge in [0.1, 0.15) is 0 Å². The quantitative estimate of drug-likeness (QED) is 0.427. The van der Waals surface area contributed by atoms with E-state index < -0.39 is 0 Å². The van der Waals surface area contributed by atoms with Crippen molar-refractivity contribution in [3.8, 4) is 23.0 Å². The van der Waals surface area contributed by atoms with Gasteiger partial charge in [0.25, 0.3) is 0 Å². The zero-order valence-corrected chi connectivity index (χ0v) is 18.8. The van der Waals surface area contributed by atoms with Gasteiger partial charge in [0.15, 0.2) is 23.0 Å². The second-order valence-electron chi connectivity index (χ2n) is 5.79. The fraction of sp³-hybridized carbons (Fsp3) is 0.286. The molecule has 0 aromatic heterocycles. The van der Waals surface area contributed by atoms with Gasteiger partial charge in [0.2, 0.25) is 0 Å². The zero-order chi connectivity index (χ0) is 20.5. The van der Waals surface area contributed by atoms with E-state index in [4.69, 9.17) is 31.2 Å². The van der Waals surface area contributed by atoms with E-state index in [1.54, 1.807) is 28.4 Å². The first-order chi connectivity index (χ1) is 13.5. The van der Waals surface area contributed by atoms with Crippen molar-refractivity contribution in [2.24, 2.45) is 0 Å². The van der Waals surface area contributed by atoms with E-state index in [1.807, 2.05) is 42.5 Å². The Labute approximate surface area is 179 Å². The van der Waals surface area contributed by atoms with Crippen LogP contribution in [0.15, 0.2) is 47.0 Å². The second kappa shape index (κ2) is 10.9. The van der Waals surface area contributed by atoms with Crippen LogP contribution in [0.5, 0.6) is 23.0 Å². The van der Waals surface area contributed by atoms with E-state index in [0.717, 1.165) is 15.6 Å². The Morgan fingerprint density at radius 3 is 2.29 bits per heavy atom. The number of hydrogen-bond donors (Lipinski definition) is 1. The van der Waals surface area contributed by atoms with E-state index in [2.05, 4.69) is 21.2 Å². The molecule has 0 saturated carbocycles. The van der Waals surface area contributed by atoms with E-state index in [9.17, 15) is 0 Å². The minimum atomic E-state index is 0.601. The van der Waals surface area contributed by atoms with Gasteiger partial charge in [-0.25, -0.2) is 0 Å². The molecule has 0 aliphatic carbocycles. The van der Waals surface area contributed by atoms with E-state index >= 15 is 0 Å². The lowest BCUT2D eigenvalue weighted by molar-refractivity contribution is 0.352. The summed E-state index contributed by atoms with van der Waals surface area (Å²) in [6.45, 7) is 0.601. The highest BCUT2D eigenvalue weighted by Gasteiger charge is 2.11. The van der Waals surface area contributed by atoms with Gasteiger partial charge in [0.05, 0.1) is 37.9 Å². The smallest absolute Gasteiger partial charge is 0.175 e. The molecule has 1 N–H and O–H groups in total. The van der Waals surface area contributed by atoms with Crippen LogP contribution in [0.3, 0.4) is 0 Å². The zero-order valence-electron chi connectivity index (χ0n) is 16.4. The molecule has 0 aliphatic heterocycles.